The summed E-state index contributed by atoms with van der Waals surface area (Å²) in [6.45, 7) is 6.90. The van der Waals surface area contributed by atoms with E-state index < -0.39 is 17.4 Å². The molecule has 0 unspecified atom stereocenters. The highest BCUT2D eigenvalue weighted by molar-refractivity contribution is 6.01. The van der Waals surface area contributed by atoms with Gasteiger partial charge in [0.15, 0.2) is 5.41 Å². The summed E-state index contributed by atoms with van der Waals surface area (Å²) in [5, 5.41) is 0. The maximum absolute atomic E-state index is 12.2. The second-order valence-electron chi connectivity index (χ2n) is 6.04. The van der Waals surface area contributed by atoms with Crippen molar-refractivity contribution in [1.82, 2.24) is 0 Å². The van der Waals surface area contributed by atoms with E-state index in [2.05, 4.69) is 4.74 Å². The molecule has 0 bridgehead atoms. The van der Waals surface area contributed by atoms with Crippen molar-refractivity contribution >= 4 is 17.9 Å². The summed E-state index contributed by atoms with van der Waals surface area (Å²) in [7, 11) is 1.31. The van der Waals surface area contributed by atoms with E-state index in [1.807, 2.05) is 0 Å². The number of carbonyl (C=O) groups excluding carboxylic acids is 3. The van der Waals surface area contributed by atoms with Crippen molar-refractivity contribution in [3.63, 3.8) is 0 Å². The summed E-state index contributed by atoms with van der Waals surface area (Å²) in [6.07, 6.45) is 0.113. The van der Waals surface area contributed by atoms with Crippen LogP contribution in [0.3, 0.4) is 0 Å². The molecule has 0 saturated heterocycles. The molecular weight excluding hydrogens is 276 g/mol. The van der Waals surface area contributed by atoms with Gasteiger partial charge in [-0.05, 0) is 46.5 Å². The normalized spacial score (nSPS) is 17.3. The van der Waals surface area contributed by atoms with E-state index in [0.717, 1.165) is 0 Å². The highest BCUT2D eigenvalue weighted by Gasteiger charge is 2.59. The zero-order chi connectivity index (χ0) is 16.2. The van der Waals surface area contributed by atoms with Crippen LogP contribution in [0.1, 0.15) is 47.0 Å². The Kier molecular flexibility index (Phi) is 5.75. The van der Waals surface area contributed by atoms with Gasteiger partial charge < -0.3 is 14.2 Å². The van der Waals surface area contributed by atoms with Crippen LogP contribution in [0.5, 0.6) is 0 Å². The summed E-state index contributed by atoms with van der Waals surface area (Å²) in [4.78, 5) is 35.8. The van der Waals surface area contributed by atoms with Gasteiger partial charge >= 0.3 is 17.9 Å². The number of ether oxygens (including phenoxy) is 3. The maximum atomic E-state index is 12.2. The monoisotopic (exact) mass is 300 g/mol. The highest BCUT2D eigenvalue weighted by atomic mass is 16.6. The van der Waals surface area contributed by atoms with Crippen molar-refractivity contribution in [2.24, 2.45) is 11.3 Å². The molecule has 0 aromatic rings. The molecule has 1 fully saturated rings. The van der Waals surface area contributed by atoms with Gasteiger partial charge in [-0.3, -0.25) is 14.4 Å². The van der Waals surface area contributed by atoms with E-state index in [4.69, 9.17) is 9.47 Å². The first-order chi connectivity index (χ1) is 9.71. The average Bonchev–Trinajstić information content (AvgIpc) is 2.30. The molecule has 1 saturated carbocycles. The third kappa shape index (κ3) is 4.19. The van der Waals surface area contributed by atoms with Crippen LogP contribution >= 0.6 is 0 Å². The first kappa shape index (κ1) is 17.5. The number of hydrogen-bond donors (Lipinski definition) is 0. The van der Waals surface area contributed by atoms with E-state index >= 15 is 0 Å². The smallest absolute Gasteiger partial charge is 0.323 e. The Labute approximate surface area is 125 Å². The lowest BCUT2D eigenvalue weighted by Crippen LogP contribution is -2.53. The molecule has 120 valence electrons. The third-order valence-electron chi connectivity index (χ3n) is 3.42. The average molecular weight is 300 g/mol. The molecule has 0 atom stereocenters. The summed E-state index contributed by atoms with van der Waals surface area (Å²) in [6, 6.07) is 0. The minimum Gasteiger partial charge on any atom is -0.469 e. The summed E-state index contributed by atoms with van der Waals surface area (Å²) >= 11 is 0. The van der Waals surface area contributed by atoms with E-state index in [9.17, 15) is 14.4 Å². The molecule has 0 N–H and O–H groups in total. The molecule has 6 heteroatoms. The molecule has 1 aliphatic carbocycles. The number of methoxy groups -OCH3 is 1. The number of hydrogen-bond acceptors (Lipinski definition) is 6. The zero-order valence-electron chi connectivity index (χ0n) is 13.3. The first-order valence-corrected chi connectivity index (χ1v) is 7.20. The van der Waals surface area contributed by atoms with E-state index in [1.165, 1.54) is 7.11 Å². The number of esters is 3. The van der Waals surface area contributed by atoms with Gasteiger partial charge in [-0.2, -0.15) is 0 Å². The van der Waals surface area contributed by atoms with E-state index in [1.54, 1.807) is 27.7 Å². The van der Waals surface area contributed by atoms with Gasteiger partial charge in [-0.1, -0.05) is 0 Å². The van der Waals surface area contributed by atoms with Crippen molar-refractivity contribution < 1.29 is 28.6 Å². The molecule has 21 heavy (non-hydrogen) atoms. The quantitative estimate of drug-likeness (QED) is 0.423. The summed E-state index contributed by atoms with van der Waals surface area (Å²) < 4.78 is 15.0. The largest absolute Gasteiger partial charge is 0.469 e. The predicted octanol–water partition coefficient (Wildman–Crippen LogP) is 1.85. The Morgan fingerprint density at radius 2 is 1.43 bits per heavy atom. The molecule has 0 aliphatic heterocycles. The molecule has 6 nitrogen and oxygen atoms in total. The Balaban J connectivity index is 2.77. The highest BCUT2D eigenvalue weighted by Crippen LogP contribution is 2.49. The SMILES string of the molecule is COC(=O)CC1CC(C(=O)OC(C)C)(C(=O)OC(C)C)C1. The van der Waals surface area contributed by atoms with Gasteiger partial charge in [0, 0.05) is 6.42 Å². The fraction of sp³-hybridized carbons (Fsp3) is 0.800. The van der Waals surface area contributed by atoms with Gasteiger partial charge in [0.2, 0.25) is 0 Å². The fourth-order valence-corrected chi connectivity index (χ4v) is 2.46. The molecule has 1 rings (SSSR count). The lowest BCUT2D eigenvalue weighted by Gasteiger charge is -2.43. The van der Waals surface area contributed by atoms with Crippen molar-refractivity contribution in [2.75, 3.05) is 7.11 Å². The molecule has 1 aliphatic rings. The van der Waals surface area contributed by atoms with Gasteiger partial charge in [0.1, 0.15) is 0 Å². The minimum absolute atomic E-state index is 0.0584. The van der Waals surface area contributed by atoms with Crippen LogP contribution in [-0.2, 0) is 28.6 Å². The van der Waals surface area contributed by atoms with Crippen molar-refractivity contribution in [1.29, 1.82) is 0 Å². The second-order valence-corrected chi connectivity index (χ2v) is 6.04. The van der Waals surface area contributed by atoms with Gasteiger partial charge in [0.25, 0.3) is 0 Å². The standard InChI is InChI=1S/C15H24O6/c1-9(2)20-13(17)15(14(18)21-10(3)4)7-11(8-15)6-12(16)19-5/h9-11H,6-8H2,1-5H3. The molecule has 0 aromatic heterocycles. The number of rotatable bonds is 6. The first-order valence-electron chi connectivity index (χ1n) is 7.20. The Morgan fingerprint density at radius 3 is 1.76 bits per heavy atom. The second kappa shape index (κ2) is 6.91. The Morgan fingerprint density at radius 1 is 1.00 bits per heavy atom. The molecule has 0 spiro atoms. The summed E-state index contributed by atoms with van der Waals surface area (Å²) in [5.74, 6) is -1.53. The van der Waals surface area contributed by atoms with Crippen molar-refractivity contribution in [3.8, 4) is 0 Å². The van der Waals surface area contributed by atoms with Crippen molar-refractivity contribution in [2.45, 2.75) is 59.2 Å². The van der Waals surface area contributed by atoms with Crippen LogP contribution in [0, 0.1) is 11.3 Å². The Bertz CT molecular complexity index is 382. The van der Waals surface area contributed by atoms with Gasteiger partial charge in [-0.15, -0.1) is 0 Å². The molecular formula is C15H24O6. The van der Waals surface area contributed by atoms with Crippen LogP contribution in [0.25, 0.3) is 0 Å². The minimum atomic E-state index is -1.27. The topological polar surface area (TPSA) is 78.9 Å². The van der Waals surface area contributed by atoms with Crippen molar-refractivity contribution in [3.05, 3.63) is 0 Å². The third-order valence-corrected chi connectivity index (χ3v) is 3.42. The lowest BCUT2D eigenvalue weighted by molar-refractivity contribution is -0.189. The molecule has 0 aromatic carbocycles. The van der Waals surface area contributed by atoms with Crippen LogP contribution in [0.15, 0.2) is 0 Å². The lowest BCUT2D eigenvalue weighted by atomic mass is 9.60. The molecule has 0 heterocycles. The van der Waals surface area contributed by atoms with Crippen LogP contribution in [0.4, 0.5) is 0 Å². The molecule has 0 radical (unpaired) electrons. The van der Waals surface area contributed by atoms with Crippen LogP contribution in [0.2, 0.25) is 0 Å². The van der Waals surface area contributed by atoms with Gasteiger partial charge in [0.05, 0.1) is 19.3 Å². The van der Waals surface area contributed by atoms with Crippen LogP contribution < -0.4 is 0 Å². The van der Waals surface area contributed by atoms with E-state index in [0.29, 0.717) is 0 Å². The summed E-state index contributed by atoms with van der Waals surface area (Å²) in [5.41, 5.74) is -1.27. The molecule has 0 amide bonds. The predicted molar refractivity (Wildman–Crippen MR) is 74.2 cm³/mol. The van der Waals surface area contributed by atoms with Gasteiger partial charge in [-0.25, -0.2) is 0 Å². The van der Waals surface area contributed by atoms with E-state index in [-0.39, 0.29) is 43.4 Å². The number of carbonyl (C=O) groups is 3. The zero-order valence-corrected chi connectivity index (χ0v) is 13.3. The fourth-order valence-electron chi connectivity index (χ4n) is 2.46. The maximum Gasteiger partial charge on any atom is 0.323 e. The van der Waals surface area contributed by atoms with Crippen LogP contribution in [-0.4, -0.2) is 37.2 Å². The Hall–Kier alpha value is -1.59.